The molecule has 0 saturated heterocycles. The van der Waals surface area contributed by atoms with E-state index in [4.69, 9.17) is 16.3 Å². The fourth-order valence-corrected chi connectivity index (χ4v) is 2.87. The zero-order valence-corrected chi connectivity index (χ0v) is 11.5. The minimum Gasteiger partial charge on any atom is -0.495 e. The van der Waals surface area contributed by atoms with Gasteiger partial charge in [0.1, 0.15) is 11.5 Å². The molecule has 0 aliphatic heterocycles. The number of methoxy groups -OCH3 is 1. The van der Waals surface area contributed by atoms with Gasteiger partial charge in [0, 0.05) is 12.3 Å². The molecule has 1 aliphatic carbocycles. The van der Waals surface area contributed by atoms with Gasteiger partial charge in [-0.05, 0) is 37.0 Å². The van der Waals surface area contributed by atoms with Crippen molar-refractivity contribution in [3.63, 3.8) is 0 Å². The summed E-state index contributed by atoms with van der Waals surface area (Å²) in [5.74, 6) is 1.42. The Labute approximate surface area is 113 Å². The third-order valence-corrected chi connectivity index (χ3v) is 3.98. The molecule has 1 aromatic carbocycles. The first-order chi connectivity index (χ1) is 8.70. The lowest BCUT2D eigenvalue weighted by molar-refractivity contribution is -0.122. The fraction of sp³-hybridized carbons (Fsp3) is 0.533. The number of carbonyl (C=O) groups is 1. The molecule has 1 aromatic rings. The minimum absolute atomic E-state index is 0.318. The van der Waals surface area contributed by atoms with Crippen molar-refractivity contribution in [1.29, 1.82) is 0 Å². The molecular formula is C15H19ClO2. The van der Waals surface area contributed by atoms with Gasteiger partial charge in [0.05, 0.1) is 12.1 Å². The number of halogens is 1. The molecule has 1 aliphatic rings. The Morgan fingerprint density at radius 1 is 1.39 bits per heavy atom. The highest BCUT2D eigenvalue weighted by molar-refractivity contribution is 6.32. The number of benzene rings is 1. The summed E-state index contributed by atoms with van der Waals surface area (Å²) in [6.07, 6.45) is 6.01. The van der Waals surface area contributed by atoms with Crippen molar-refractivity contribution < 1.29 is 9.53 Å². The normalized spacial score (nSPS) is 15.9. The van der Waals surface area contributed by atoms with Crippen LogP contribution in [0.3, 0.4) is 0 Å². The van der Waals surface area contributed by atoms with Crippen LogP contribution in [0.2, 0.25) is 5.02 Å². The lowest BCUT2D eigenvalue weighted by atomic mass is 9.97. The van der Waals surface area contributed by atoms with Crippen LogP contribution in [-0.4, -0.2) is 12.9 Å². The molecule has 0 spiro atoms. The monoisotopic (exact) mass is 266 g/mol. The molecule has 0 aromatic heterocycles. The van der Waals surface area contributed by atoms with Crippen LogP contribution in [0.4, 0.5) is 0 Å². The van der Waals surface area contributed by atoms with Crippen LogP contribution in [0.5, 0.6) is 5.75 Å². The molecule has 0 heterocycles. The SMILES string of the molecule is COc1ccc(CCC(=O)C2CCCC2)cc1Cl. The highest BCUT2D eigenvalue weighted by atomic mass is 35.5. The van der Waals surface area contributed by atoms with E-state index < -0.39 is 0 Å². The van der Waals surface area contributed by atoms with Crippen molar-refractivity contribution in [3.8, 4) is 5.75 Å². The number of ether oxygens (including phenoxy) is 1. The van der Waals surface area contributed by atoms with E-state index in [-0.39, 0.29) is 0 Å². The fourth-order valence-electron chi connectivity index (χ4n) is 2.58. The summed E-state index contributed by atoms with van der Waals surface area (Å²) in [4.78, 5) is 12.0. The van der Waals surface area contributed by atoms with E-state index in [1.807, 2.05) is 18.2 Å². The van der Waals surface area contributed by atoms with Gasteiger partial charge in [-0.3, -0.25) is 4.79 Å². The summed E-state index contributed by atoms with van der Waals surface area (Å²) < 4.78 is 5.11. The average Bonchev–Trinajstić information content (AvgIpc) is 2.90. The lowest BCUT2D eigenvalue weighted by Gasteiger charge is -2.09. The number of carbonyl (C=O) groups excluding carboxylic acids is 1. The van der Waals surface area contributed by atoms with Gasteiger partial charge in [0.15, 0.2) is 0 Å². The largest absolute Gasteiger partial charge is 0.495 e. The Morgan fingerprint density at radius 2 is 2.11 bits per heavy atom. The first-order valence-corrected chi connectivity index (χ1v) is 6.93. The topological polar surface area (TPSA) is 26.3 Å². The first kappa shape index (κ1) is 13.4. The first-order valence-electron chi connectivity index (χ1n) is 6.56. The number of Topliss-reactive ketones (excluding diaryl/α,β-unsaturated/α-hetero) is 1. The van der Waals surface area contributed by atoms with Gasteiger partial charge in [0.2, 0.25) is 0 Å². The molecule has 2 nitrogen and oxygen atoms in total. The zero-order valence-electron chi connectivity index (χ0n) is 10.7. The molecule has 0 atom stereocenters. The molecule has 0 radical (unpaired) electrons. The van der Waals surface area contributed by atoms with Gasteiger partial charge in [-0.25, -0.2) is 0 Å². The second-order valence-corrected chi connectivity index (χ2v) is 5.32. The number of aryl methyl sites for hydroxylation is 1. The maximum atomic E-state index is 12.0. The molecule has 18 heavy (non-hydrogen) atoms. The van der Waals surface area contributed by atoms with E-state index in [2.05, 4.69) is 0 Å². The van der Waals surface area contributed by atoms with Crippen LogP contribution in [0.15, 0.2) is 18.2 Å². The lowest BCUT2D eigenvalue weighted by Crippen LogP contribution is -2.11. The predicted octanol–water partition coefficient (Wildman–Crippen LogP) is 4.04. The molecule has 0 N–H and O–H groups in total. The Bertz CT molecular complexity index is 423. The zero-order chi connectivity index (χ0) is 13.0. The third kappa shape index (κ3) is 3.26. The predicted molar refractivity (Wildman–Crippen MR) is 73.3 cm³/mol. The van der Waals surface area contributed by atoms with Crippen molar-refractivity contribution in [2.45, 2.75) is 38.5 Å². The molecule has 0 bridgehead atoms. The van der Waals surface area contributed by atoms with Crippen molar-refractivity contribution >= 4 is 17.4 Å². The summed E-state index contributed by atoms with van der Waals surface area (Å²) >= 11 is 6.06. The van der Waals surface area contributed by atoms with Crippen molar-refractivity contribution in [2.75, 3.05) is 7.11 Å². The van der Waals surface area contributed by atoms with Gasteiger partial charge in [0.25, 0.3) is 0 Å². The highest BCUT2D eigenvalue weighted by Crippen LogP contribution is 2.28. The van der Waals surface area contributed by atoms with Crippen LogP contribution in [0.1, 0.15) is 37.7 Å². The van der Waals surface area contributed by atoms with E-state index >= 15 is 0 Å². The Kier molecular flexibility index (Phi) is 4.65. The Balaban J connectivity index is 1.89. The quantitative estimate of drug-likeness (QED) is 0.804. The Hall–Kier alpha value is -1.02. The number of hydrogen-bond donors (Lipinski definition) is 0. The van der Waals surface area contributed by atoms with Crippen LogP contribution >= 0.6 is 11.6 Å². The molecule has 3 heteroatoms. The molecule has 1 saturated carbocycles. The van der Waals surface area contributed by atoms with E-state index in [0.717, 1.165) is 24.8 Å². The summed E-state index contributed by atoms with van der Waals surface area (Å²) in [6.45, 7) is 0. The van der Waals surface area contributed by atoms with Crippen LogP contribution < -0.4 is 4.74 Å². The standard InChI is InChI=1S/C15H19ClO2/c1-18-15-9-7-11(10-13(15)16)6-8-14(17)12-4-2-3-5-12/h7,9-10,12H,2-6,8H2,1H3. The Morgan fingerprint density at radius 3 is 2.72 bits per heavy atom. The van der Waals surface area contributed by atoms with Crippen molar-refractivity contribution in [2.24, 2.45) is 5.92 Å². The molecule has 98 valence electrons. The number of hydrogen-bond acceptors (Lipinski definition) is 2. The summed E-state index contributed by atoms with van der Waals surface area (Å²) in [5, 5.41) is 0.614. The van der Waals surface area contributed by atoms with Gasteiger partial charge in [-0.2, -0.15) is 0 Å². The van der Waals surface area contributed by atoms with E-state index in [9.17, 15) is 4.79 Å². The molecule has 0 unspecified atom stereocenters. The summed E-state index contributed by atoms with van der Waals surface area (Å²) in [7, 11) is 1.60. The van der Waals surface area contributed by atoms with Crippen molar-refractivity contribution in [1.82, 2.24) is 0 Å². The van der Waals surface area contributed by atoms with Gasteiger partial charge in [-0.15, -0.1) is 0 Å². The van der Waals surface area contributed by atoms with Crippen LogP contribution in [0, 0.1) is 5.92 Å². The summed E-state index contributed by atoms with van der Waals surface area (Å²) in [6, 6.07) is 5.73. The second-order valence-electron chi connectivity index (χ2n) is 4.92. The van der Waals surface area contributed by atoms with Gasteiger partial charge < -0.3 is 4.74 Å². The highest BCUT2D eigenvalue weighted by Gasteiger charge is 2.21. The minimum atomic E-state index is 0.318. The van der Waals surface area contributed by atoms with E-state index in [0.29, 0.717) is 28.9 Å². The average molecular weight is 267 g/mol. The molecule has 1 fully saturated rings. The maximum Gasteiger partial charge on any atom is 0.137 e. The molecule has 0 amide bonds. The molecule has 2 rings (SSSR count). The van der Waals surface area contributed by atoms with E-state index in [1.165, 1.54) is 12.8 Å². The van der Waals surface area contributed by atoms with Crippen molar-refractivity contribution in [3.05, 3.63) is 28.8 Å². The maximum absolute atomic E-state index is 12.0. The third-order valence-electron chi connectivity index (χ3n) is 3.69. The second kappa shape index (κ2) is 6.24. The van der Waals surface area contributed by atoms with E-state index in [1.54, 1.807) is 7.11 Å². The number of rotatable bonds is 5. The van der Waals surface area contributed by atoms with Crippen LogP contribution in [0.25, 0.3) is 0 Å². The number of ketones is 1. The van der Waals surface area contributed by atoms with Crippen LogP contribution in [-0.2, 0) is 11.2 Å². The van der Waals surface area contributed by atoms with Gasteiger partial charge in [-0.1, -0.05) is 30.5 Å². The summed E-state index contributed by atoms with van der Waals surface area (Å²) in [5.41, 5.74) is 1.10. The smallest absolute Gasteiger partial charge is 0.137 e. The molecular weight excluding hydrogens is 248 g/mol. The van der Waals surface area contributed by atoms with Gasteiger partial charge >= 0.3 is 0 Å².